The van der Waals surface area contributed by atoms with Gasteiger partial charge in [0.05, 0.1) is 0 Å². The maximum Gasteiger partial charge on any atom is -0.0288 e. The van der Waals surface area contributed by atoms with E-state index in [1.54, 1.807) is 5.57 Å². The Labute approximate surface area is 186 Å². The lowest BCUT2D eigenvalue weighted by atomic mass is 10.0. The van der Waals surface area contributed by atoms with E-state index in [4.69, 9.17) is 0 Å². The van der Waals surface area contributed by atoms with Crippen molar-refractivity contribution in [1.82, 2.24) is 0 Å². The molecule has 0 aliphatic heterocycles. The smallest absolute Gasteiger partial charge is 0.0288 e. The van der Waals surface area contributed by atoms with Crippen LogP contribution in [0, 0.1) is 11.8 Å². The van der Waals surface area contributed by atoms with Gasteiger partial charge in [0, 0.05) is 0 Å². The van der Waals surface area contributed by atoms with Gasteiger partial charge in [-0.25, -0.2) is 0 Å². The molecule has 172 valence electrons. The second-order valence-corrected chi connectivity index (χ2v) is 9.78. The van der Waals surface area contributed by atoms with Gasteiger partial charge in [0.2, 0.25) is 0 Å². The molecule has 0 saturated heterocycles. The molecule has 0 aromatic heterocycles. The van der Waals surface area contributed by atoms with Gasteiger partial charge in [0.25, 0.3) is 0 Å². The fraction of sp³-hybridized carbons (Fsp3) is 0.724. The highest BCUT2D eigenvalue weighted by atomic mass is 14.0. The SMILES string of the molecule is CC(C)=CCC/C(C)=C/CCC(C)C.CC(C)=CCCC(C)C.CCC=C(C)C. The van der Waals surface area contributed by atoms with Gasteiger partial charge in [-0.05, 0) is 105 Å². The van der Waals surface area contributed by atoms with Gasteiger partial charge < -0.3 is 0 Å². The summed E-state index contributed by atoms with van der Waals surface area (Å²) in [4.78, 5) is 0. The van der Waals surface area contributed by atoms with Crippen molar-refractivity contribution in [1.29, 1.82) is 0 Å². The minimum Gasteiger partial charge on any atom is -0.0862 e. The van der Waals surface area contributed by atoms with Crippen molar-refractivity contribution in [2.24, 2.45) is 11.8 Å². The monoisotopic (exact) mass is 404 g/mol. The summed E-state index contributed by atoms with van der Waals surface area (Å²) in [6, 6.07) is 0. The van der Waals surface area contributed by atoms with Gasteiger partial charge in [-0.2, -0.15) is 0 Å². The van der Waals surface area contributed by atoms with E-state index < -0.39 is 0 Å². The average molecular weight is 405 g/mol. The third-order valence-corrected chi connectivity index (χ3v) is 4.24. The summed E-state index contributed by atoms with van der Waals surface area (Å²) in [7, 11) is 0. The Bertz CT molecular complexity index is 454. The molecular weight excluding hydrogens is 348 g/mol. The second-order valence-electron chi connectivity index (χ2n) is 9.78. The Kier molecular flexibility index (Phi) is 26.1. The molecule has 29 heavy (non-hydrogen) atoms. The summed E-state index contributed by atoms with van der Waals surface area (Å²) in [6.07, 6.45) is 18.0. The van der Waals surface area contributed by atoms with Crippen LogP contribution in [0.3, 0.4) is 0 Å². The molecular formula is C29H56. The zero-order valence-electron chi connectivity index (χ0n) is 22.4. The third kappa shape index (κ3) is 42.2. The van der Waals surface area contributed by atoms with E-state index in [9.17, 15) is 0 Å². The Morgan fingerprint density at radius 2 is 0.931 bits per heavy atom. The highest BCUT2D eigenvalue weighted by molar-refractivity contribution is 5.02. The highest BCUT2D eigenvalue weighted by Gasteiger charge is 1.92. The van der Waals surface area contributed by atoms with E-state index >= 15 is 0 Å². The van der Waals surface area contributed by atoms with E-state index in [-0.39, 0.29) is 0 Å². The van der Waals surface area contributed by atoms with Crippen molar-refractivity contribution < 1.29 is 0 Å². The maximum atomic E-state index is 2.40. The summed E-state index contributed by atoms with van der Waals surface area (Å²) in [5.74, 6) is 1.68. The van der Waals surface area contributed by atoms with Crippen LogP contribution in [0.1, 0.15) is 128 Å². The van der Waals surface area contributed by atoms with Crippen molar-refractivity contribution in [3.05, 3.63) is 46.6 Å². The molecule has 0 bridgehead atoms. The van der Waals surface area contributed by atoms with E-state index in [2.05, 4.69) is 107 Å². The van der Waals surface area contributed by atoms with Crippen LogP contribution in [0.5, 0.6) is 0 Å². The molecule has 0 aromatic carbocycles. The topological polar surface area (TPSA) is 0 Å². The predicted molar refractivity (Wildman–Crippen MR) is 140 cm³/mol. The third-order valence-electron chi connectivity index (χ3n) is 4.24. The molecule has 0 heteroatoms. The Morgan fingerprint density at radius 3 is 1.24 bits per heavy atom. The molecule has 0 aromatic rings. The lowest BCUT2D eigenvalue weighted by Gasteiger charge is -2.02. The quantitative estimate of drug-likeness (QED) is 0.317. The molecule has 0 spiro atoms. The fourth-order valence-electron chi connectivity index (χ4n) is 2.47. The molecule has 0 aliphatic carbocycles. The fourth-order valence-corrected chi connectivity index (χ4v) is 2.47. The average Bonchev–Trinajstić information content (AvgIpc) is 2.54. The van der Waals surface area contributed by atoms with Crippen LogP contribution in [0.15, 0.2) is 46.6 Å². The minimum absolute atomic E-state index is 0.830. The number of rotatable bonds is 10. The van der Waals surface area contributed by atoms with E-state index in [1.165, 1.54) is 61.7 Å². The van der Waals surface area contributed by atoms with Crippen molar-refractivity contribution >= 4 is 0 Å². The first-order valence-corrected chi connectivity index (χ1v) is 12.0. The van der Waals surface area contributed by atoms with Crippen molar-refractivity contribution in [3.63, 3.8) is 0 Å². The summed E-state index contributed by atoms with van der Waals surface area (Å²) < 4.78 is 0. The van der Waals surface area contributed by atoms with Crippen LogP contribution in [0.25, 0.3) is 0 Å². The van der Waals surface area contributed by atoms with Gasteiger partial charge in [-0.15, -0.1) is 0 Å². The van der Waals surface area contributed by atoms with Crippen LogP contribution in [0.4, 0.5) is 0 Å². The van der Waals surface area contributed by atoms with Crippen molar-refractivity contribution in [2.45, 2.75) is 128 Å². The summed E-state index contributed by atoms with van der Waals surface area (Å²) in [5.41, 5.74) is 5.83. The molecule has 0 N–H and O–H groups in total. The molecule has 0 heterocycles. The molecule has 0 saturated carbocycles. The zero-order chi connectivity index (χ0) is 23.2. The molecule has 0 radical (unpaired) electrons. The minimum atomic E-state index is 0.830. The molecule has 0 unspecified atom stereocenters. The Balaban J connectivity index is -0.000000386. The van der Waals surface area contributed by atoms with Crippen molar-refractivity contribution in [2.75, 3.05) is 0 Å². The summed E-state index contributed by atoms with van der Waals surface area (Å²) in [6.45, 7) is 26.4. The normalized spacial score (nSPS) is 10.5. The van der Waals surface area contributed by atoms with E-state index in [0.29, 0.717) is 0 Å². The van der Waals surface area contributed by atoms with Gasteiger partial charge in [0.1, 0.15) is 0 Å². The Morgan fingerprint density at radius 1 is 0.552 bits per heavy atom. The molecule has 0 atom stereocenters. The second kappa shape index (κ2) is 23.2. The molecule has 0 nitrogen and oxygen atoms in total. The van der Waals surface area contributed by atoms with E-state index in [1.807, 2.05) is 0 Å². The maximum absolute atomic E-state index is 2.40. The standard InChI is InChI=1S/C14H26.C9H18.C6H12/c1-12(2)8-6-10-14(5)11-7-9-13(3)4;1-8(2)6-5-7-9(3)4;1-4-5-6(2)3/h8,11,13H,6-7,9-10H2,1-5H3;6,9H,5,7H2,1-4H3;5H,4H2,1-3H3/b14-11+;;. The van der Waals surface area contributed by atoms with Crippen LogP contribution in [0.2, 0.25) is 0 Å². The predicted octanol–water partition coefficient (Wildman–Crippen LogP) is 10.9. The summed E-state index contributed by atoms with van der Waals surface area (Å²) in [5, 5.41) is 0. The van der Waals surface area contributed by atoms with Crippen LogP contribution < -0.4 is 0 Å². The number of hydrogen-bond donors (Lipinski definition) is 0. The zero-order valence-corrected chi connectivity index (χ0v) is 22.4. The van der Waals surface area contributed by atoms with Gasteiger partial charge in [0.15, 0.2) is 0 Å². The van der Waals surface area contributed by atoms with Crippen LogP contribution in [-0.2, 0) is 0 Å². The van der Waals surface area contributed by atoms with Gasteiger partial charge in [-0.3, -0.25) is 0 Å². The molecule has 0 rings (SSSR count). The Hall–Kier alpha value is -1.04. The largest absolute Gasteiger partial charge is 0.0862 e. The van der Waals surface area contributed by atoms with Crippen molar-refractivity contribution in [3.8, 4) is 0 Å². The summed E-state index contributed by atoms with van der Waals surface area (Å²) >= 11 is 0. The molecule has 0 aliphatic rings. The molecule has 0 fully saturated rings. The highest BCUT2D eigenvalue weighted by Crippen LogP contribution is 2.11. The first kappa shape index (κ1) is 32.6. The van der Waals surface area contributed by atoms with E-state index in [0.717, 1.165) is 11.8 Å². The lowest BCUT2D eigenvalue weighted by molar-refractivity contribution is 0.592. The lowest BCUT2D eigenvalue weighted by Crippen LogP contribution is -1.85. The molecule has 0 amide bonds. The van der Waals surface area contributed by atoms with Crippen LogP contribution in [-0.4, -0.2) is 0 Å². The van der Waals surface area contributed by atoms with Gasteiger partial charge in [-0.1, -0.05) is 81.2 Å². The number of allylic oxidation sites excluding steroid dienone is 8. The first-order chi connectivity index (χ1) is 13.4. The van der Waals surface area contributed by atoms with Gasteiger partial charge >= 0.3 is 0 Å². The van der Waals surface area contributed by atoms with Crippen LogP contribution >= 0.6 is 0 Å². The first-order valence-electron chi connectivity index (χ1n) is 12.0. The number of hydrogen-bond acceptors (Lipinski definition) is 0.